The molecule has 0 saturated heterocycles. The van der Waals surface area contributed by atoms with Gasteiger partial charge < -0.3 is 5.32 Å². The first-order valence-corrected chi connectivity index (χ1v) is 20.1. The molecule has 0 aliphatic rings. The fourth-order valence-corrected chi connectivity index (χ4v) is 6.35. The molecular weight excluding hydrogens is 510 g/mol. The van der Waals surface area contributed by atoms with E-state index in [1.54, 1.807) is 0 Å². The van der Waals surface area contributed by atoms with E-state index >= 15 is 0 Å². The van der Waals surface area contributed by atoms with Gasteiger partial charge in [0.1, 0.15) is 0 Å². The van der Waals surface area contributed by atoms with E-state index in [1.165, 1.54) is 212 Å². The maximum Gasteiger partial charge on any atom is 0.219 e. The van der Waals surface area contributed by atoms with E-state index in [0.717, 1.165) is 25.8 Å². The summed E-state index contributed by atoms with van der Waals surface area (Å²) in [4.78, 5) is 12.1. The molecule has 0 spiro atoms. The van der Waals surface area contributed by atoms with Gasteiger partial charge in [-0.25, -0.2) is 0 Å². The minimum Gasteiger partial charge on any atom is -0.356 e. The molecule has 2 heteroatoms. The fourth-order valence-electron chi connectivity index (χ4n) is 6.35. The number of hydrogen-bond acceptors (Lipinski definition) is 1. The Morgan fingerprint density at radius 3 is 0.786 bits per heavy atom. The summed E-state index contributed by atoms with van der Waals surface area (Å²) >= 11 is 0. The molecule has 0 unspecified atom stereocenters. The second-order valence-corrected chi connectivity index (χ2v) is 13.8. The van der Waals surface area contributed by atoms with Gasteiger partial charge in [-0.3, -0.25) is 4.79 Å². The van der Waals surface area contributed by atoms with Gasteiger partial charge in [-0.15, -0.1) is 0 Å². The van der Waals surface area contributed by atoms with Crippen molar-refractivity contribution in [1.82, 2.24) is 5.32 Å². The highest BCUT2D eigenvalue weighted by molar-refractivity contribution is 5.75. The Hall–Kier alpha value is -0.530. The Morgan fingerprint density at radius 1 is 0.310 bits per heavy atom. The minimum absolute atomic E-state index is 0.280. The molecule has 252 valence electrons. The average Bonchev–Trinajstić information content (AvgIpc) is 3.00. The van der Waals surface area contributed by atoms with Crippen LogP contribution in [0.3, 0.4) is 0 Å². The Balaban J connectivity index is 3.13. The Morgan fingerprint density at radius 2 is 0.524 bits per heavy atom. The van der Waals surface area contributed by atoms with Crippen LogP contribution in [0.4, 0.5) is 0 Å². The van der Waals surface area contributed by atoms with Crippen molar-refractivity contribution >= 4 is 5.91 Å². The molecule has 0 aromatic carbocycles. The van der Waals surface area contributed by atoms with Crippen LogP contribution in [0.2, 0.25) is 0 Å². The second-order valence-electron chi connectivity index (χ2n) is 13.8. The van der Waals surface area contributed by atoms with E-state index in [9.17, 15) is 4.79 Å². The molecule has 0 saturated carbocycles. The number of rotatable bonds is 37. The van der Waals surface area contributed by atoms with Crippen LogP contribution in [0, 0.1) is 0 Å². The van der Waals surface area contributed by atoms with Gasteiger partial charge in [-0.1, -0.05) is 226 Å². The third-order valence-electron chi connectivity index (χ3n) is 9.36. The first kappa shape index (κ1) is 41.5. The molecule has 0 aromatic rings. The highest BCUT2D eigenvalue weighted by Crippen LogP contribution is 2.16. The topological polar surface area (TPSA) is 29.1 Å². The quantitative estimate of drug-likeness (QED) is 0.0715. The number of carbonyl (C=O) groups excluding carboxylic acids is 1. The van der Waals surface area contributed by atoms with Crippen molar-refractivity contribution < 1.29 is 4.79 Å². The third-order valence-corrected chi connectivity index (χ3v) is 9.36. The minimum atomic E-state index is 0.280. The molecule has 0 atom stereocenters. The summed E-state index contributed by atoms with van der Waals surface area (Å²) in [5, 5.41) is 3.15. The predicted molar refractivity (Wildman–Crippen MR) is 191 cm³/mol. The summed E-state index contributed by atoms with van der Waals surface area (Å²) in [5.74, 6) is 0.280. The summed E-state index contributed by atoms with van der Waals surface area (Å²) in [6.45, 7) is 5.48. The molecular formula is C40H81NO. The molecule has 0 rings (SSSR count). The van der Waals surface area contributed by atoms with Gasteiger partial charge in [0.25, 0.3) is 0 Å². The van der Waals surface area contributed by atoms with E-state index in [2.05, 4.69) is 19.2 Å². The molecule has 0 aliphatic carbocycles. The van der Waals surface area contributed by atoms with Crippen LogP contribution in [0.5, 0.6) is 0 Å². The van der Waals surface area contributed by atoms with Crippen molar-refractivity contribution in [2.45, 2.75) is 245 Å². The van der Waals surface area contributed by atoms with Crippen LogP contribution in [-0.4, -0.2) is 12.5 Å². The van der Waals surface area contributed by atoms with Crippen molar-refractivity contribution in [1.29, 1.82) is 0 Å². The highest BCUT2D eigenvalue weighted by atomic mass is 16.1. The van der Waals surface area contributed by atoms with Crippen molar-refractivity contribution in [2.75, 3.05) is 6.54 Å². The van der Waals surface area contributed by atoms with Crippen LogP contribution in [0.1, 0.15) is 245 Å². The molecule has 1 N–H and O–H groups in total. The van der Waals surface area contributed by atoms with E-state index in [1.807, 2.05) is 0 Å². The first-order valence-electron chi connectivity index (χ1n) is 20.1. The highest BCUT2D eigenvalue weighted by Gasteiger charge is 2.01. The maximum absolute atomic E-state index is 12.1. The van der Waals surface area contributed by atoms with Gasteiger partial charge in [-0.2, -0.15) is 0 Å². The fraction of sp³-hybridized carbons (Fsp3) is 0.975. The summed E-state index contributed by atoms with van der Waals surface area (Å²) in [6, 6.07) is 0. The lowest BCUT2D eigenvalue weighted by Gasteiger charge is -2.06. The van der Waals surface area contributed by atoms with Crippen LogP contribution in [0.25, 0.3) is 0 Å². The monoisotopic (exact) mass is 592 g/mol. The van der Waals surface area contributed by atoms with Gasteiger partial charge in [0.05, 0.1) is 0 Å². The number of carbonyl (C=O) groups is 1. The zero-order valence-corrected chi connectivity index (χ0v) is 29.6. The molecule has 0 heterocycles. The molecule has 0 fully saturated rings. The smallest absolute Gasteiger partial charge is 0.219 e. The van der Waals surface area contributed by atoms with Crippen LogP contribution in [0.15, 0.2) is 0 Å². The molecule has 2 nitrogen and oxygen atoms in total. The molecule has 0 bridgehead atoms. The summed E-state index contributed by atoms with van der Waals surface area (Å²) < 4.78 is 0. The van der Waals surface area contributed by atoms with Crippen LogP contribution >= 0.6 is 0 Å². The summed E-state index contributed by atoms with van der Waals surface area (Å²) in [6.07, 6.45) is 49.7. The molecule has 0 aliphatic heterocycles. The number of hydrogen-bond donors (Lipinski definition) is 1. The largest absolute Gasteiger partial charge is 0.356 e. The molecule has 0 aromatic heterocycles. The van der Waals surface area contributed by atoms with Gasteiger partial charge >= 0.3 is 0 Å². The SMILES string of the molecule is CCCCCCCCCCCCCCCCCCCCCCNC(=O)CCCCCCCCCCCCCCCCC. The number of amides is 1. The Kier molecular flexibility index (Phi) is 38.0. The zero-order valence-electron chi connectivity index (χ0n) is 29.6. The van der Waals surface area contributed by atoms with Crippen molar-refractivity contribution in [3.8, 4) is 0 Å². The number of nitrogens with one attached hydrogen (secondary N) is 1. The summed E-state index contributed by atoms with van der Waals surface area (Å²) in [5.41, 5.74) is 0. The van der Waals surface area contributed by atoms with Gasteiger partial charge in [0.15, 0.2) is 0 Å². The predicted octanol–water partition coefficient (Wildman–Crippen LogP) is 14.2. The Bertz CT molecular complexity index is 490. The van der Waals surface area contributed by atoms with Crippen molar-refractivity contribution in [3.05, 3.63) is 0 Å². The van der Waals surface area contributed by atoms with E-state index < -0.39 is 0 Å². The standard InChI is InChI=1S/C40H81NO/c1-3-5-7-9-11-13-15-17-19-20-21-22-23-25-27-29-31-33-35-37-39-41-40(42)38-36-34-32-30-28-26-24-18-16-14-12-10-8-6-4-2/h3-39H2,1-2H3,(H,41,42). The summed E-state index contributed by atoms with van der Waals surface area (Å²) in [7, 11) is 0. The van der Waals surface area contributed by atoms with E-state index in [4.69, 9.17) is 0 Å². The second kappa shape index (κ2) is 38.5. The van der Waals surface area contributed by atoms with Crippen LogP contribution < -0.4 is 5.32 Å². The van der Waals surface area contributed by atoms with Crippen molar-refractivity contribution in [3.63, 3.8) is 0 Å². The van der Waals surface area contributed by atoms with E-state index in [0.29, 0.717) is 0 Å². The zero-order chi connectivity index (χ0) is 30.4. The van der Waals surface area contributed by atoms with Gasteiger partial charge in [0.2, 0.25) is 5.91 Å². The lowest BCUT2D eigenvalue weighted by molar-refractivity contribution is -0.121. The van der Waals surface area contributed by atoms with E-state index in [-0.39, 0.29) is 5.91 Å². The van der Waals surface area contributed by atoms with Crippen molar-refractivity contribution in [2.24, 2.45) is 0 Å². The normalized spacial score (nSPS) is 11.4. The molecule has 0 radical (unpaired) electrons. The lowest BCUT2D eigenvalue weighted by atomic mass is 10.0. The average molecular weight is 592 g/mol. The molecule has 1 amide bonds. The first-order chi connectivity index (χ1) is 20.8. The molecule has 42 heavy (non-hydrogen) atoms. The maximum atomic E-state index is 12.1. The third kappa shape index (κ3) is 37.5. The number of unbranched alkanes of at least 4 members (excludes halogenated alkanes) is 33. The lowest BCUT2D eigenvalue weighted by Crippen LogP contribution is -2.23. The Labute approximate surface area is 267 Å². The van der Waals surface area contributed by atoms with Gasteiger partial charge in [0, 0.05) is 13.0 Å². The van der Waals surface area contributed by atoms with Crippen LogP contribution in [-0.2, 0) is 4.79 Å². The van der Waals surface area contributed by atoms with Gasteiger partial charge in [-0.05, 0) is 12.8 Å².